The van der Waals surface area contributed by atoms with Crippen molar-refractivity contribution in [3.8, 4) is 0 Å². The van der Waals surface area contributed by atoms with Gasteiger partial charge in [0.15, 0.2) is 0 Å². The molecule has 1 amide bonds. The van der Waals surface area contributed by atoms with E-state index in [9.17, 15) is 22.8 Å². The first-order chi connectivity index (χ1) is 16.4. The van der Waals surface area contributed by atoms with Crippen LogP contribution in [0.3, 0.4) is 0 Å². The normalized spacial score (nSPS) is 19.8. The Morgan fingerprint density at radius 3 is 2.06 bits per heavy atom. The lowest BCUT2D eigenvalue weighted by atomic mass is 9.94. The number of halogens is 3. The highest BCUT2D eigenvalue weighted by atomic mass is 19.4. The van der Waals surface area contributed by atoms with Gasteiger partial charge in [0.05, 0.1) is 24.1 Å². The van der Waals surface area contributed by atoms with Crippen molar-refractivity contribution in [2.24, 2.45) is 5.92 Å². The first kappa shape index (κ1) is 27.9. The van der Waals surface area contributed by atoms with E-state index in [0.717, 1.165) is 11.6 Å². The summed E-state index contributed by atoms with van der Waals surface area (Å²) >= 11 is 0. The van der Waals surface area contributed by atoms with Crippen LogP contribution in [0, 0.1) is 5.92 Å². The second kappa shape index (κ2) is 9.98. The summed E-state index contributed by atoms with van der Waals surface area (Å²) in [6.07, 6.45) is -2.08. The van der Waals surface area contributed by atoms with E-state index in [2.05, 4.69) is 0 Å². The number of amides is 1. The number of ether oxygens (including phenoxy) is 2. The molecule has 9 heteroatoms. The van der Waals surface area contributed by atoms with E-state index >= 15 is 0 Å². The topological polar surface area (TPSA) is 59.1 Å². The van der Waals surface area contributed by atoms with Crippen LogP contribution in [0.15, 0.2) is 24.3 Å². The molecule has 200 valence electrons. The molecule has 3 rings (SSSR count). The van der Waals surface area contributed by atoms with Crippen LogP contribution in [0.5, 0.6) is 0 Å². The third kappa shape index (κ3) is 6.95. The SMILES string of the molecule is C[C@H]1C=C(c2ccc(C(F)(F)F)cc2N2CCC(C(=O)OC(C)(C)C)CC2)CN1C(=O)OC(C)(C)C. The highest BCUT2D eigenvalue weighted by molar-refractivity contribution is 5.84. The third-order valence-corrected chi connectivity index (χ3v) is 6.15. The lowest BCUT2D eigenvalue weighted by Crippen LogP contribution is -2.40. The third-order valence-electron chi connectivity index (χ3n) is 6.15. The Balaban J connectivity index is 1.85. The van der Waals surface area contributed by atoms with E-state index in [0.29, 0.717) is 37.2 Å². The lowest BCUT2D eigenvalue weighted by Gasteiger charge is -2.35. The summed E-state index contributed by atoms with van der Waals surface area (Å²) in [4.78, 5) is 28.7. The van der Waals surface area contributed by atoms with Gasteiger partial charge in [0.1, 0.15) is 11.2 Å². The molecular weight excluding hydrogens is 473 g/mol. The van der Waals surface area contributed by atoms with Crippen LogP contribution in [0.4, 0.5) is 23.7 Å². The summed E-state index contributed by atoms with van der Waals surface area (Å²) in [5.74, 6) is -0.560. The van der Waals surface area contributed by atoms with Crippen molar-refractivity contribution in [3.63, 3.8) is 0 Å². The van der Waals surface area contributed by atoms with Crippen LogP contribution < -0.4 is 4.90 Å². The maximum absolute atomic E-state index is 13.6. The van der Waals surface area contributed by atoms with Crippen molar-refractivity contribution in [1.29, 1.82) is 0 Å². The highest BCUT2D eigenvalue weighted by Crippen LogP contribution is 2.39. The summed E-state index contributed by atoms with van der Waals surface area (Å²) < 4.78 is 51.8. The molecule has 0 spiro atoms. The number of rotatable bonds is 3. The number of alkyl halides is 3. The van der Waals surface area contributed by atoms with Crippen molar-refractivity contribution in [3.05, 3.63) is 35.4 Å². The molecule has 0 bridgehead atoms. The molecule has 0 saturated carbocycles. The Hall–Kier alpha value is -2.71. The predicted octanol–water partition coefficient (Wildman–Crippen LogP) is 6.29. The van der Waals surface area contributed by atoms with Crippen molar-refractivity contribution in [2.45, 2.75) is 84.7 Å². The number of piperidine rings is 1. The monoisotopic (exact) mass is 510 g/mol. The van der Waals surface area contributed by atoms with Gasteiger partial charge < -0.3 is 14.4 Å². The summed E-state index contributed by atoms with van der Waals surface area (Å²) in [5, 5.41) is 0. The van der Waals surface area contributed by atoms with E-state index in [1.54, 1.807) is 25.7 Å². The maximum atomic E-state index is 13.6. The number of hydrogen-bond acceptors (Lipinski definition) is 5. The molecule has 36 heavy (non-hydrogen) atoms. The van der Waals surface area contributed by atoms with Crippen LogP contribution >= 0.6 is 0 Å². The molecule has 2 heterocycles. The molecule has 1 aromatic rings. The molecule has 0 N–H and O–H groups in total. The molecule has 1 atom stereocenters. The van der Waals surface area contributed by atoms with Gasteiger partial charge in [0.25, 0.3) is 0 Å². The Labute approximate surface area is 211 Å². The van der Waals surface area contributed by atoms with Crippen molar-refractivity contribution in [2.75, 3.05) is 24.5 Å². The number of hydrogen-bond donors (Lipinski definition) is 0. The zero-order valence-electron chi connectivity index (χ0n) is 22.2. The fourth-order valence-corrected chi connectivity index (χ4v) is 4.47. The van der Waals surface area contributed by atoms with Crippen molar-refractivity contribution >= 4 is 23.3 Å². The summed E-state index contributed by atoms with van der Waals surface area (Å²) in [7, 11) is 0. The molecular formula is C27H37F3N2O4. The van der Waals surface area contributed by atoms with Gasteiger partial charge in [-0.05, 0) is 79.0 Å². The summed E-state index contributed by atoms with van der Waals surface area (Å²) in [5.41, 5.74) is -0.0999. The van der Waals surface area contributed by atoms with Gasteiger partial charge in [-0.15, -0.1) is 0 Å². The number of nitrogens with zero attached hydrogens (tertiary/aromatic N) is 2. The first-order valence-electron chi connectivity index (χ1n) is 12.3. The van der Waals surface area contributed by atoms with E-state index < -0.39 is 29.0 Å². The van der Waals surface area contributed by atoms with Crippen LogP contribution in [0.25, 0.3) is 5.57 Å². The molecule has 2 aliphatic rings. The Kier molecular flexibility index (Phi) is 7.72. The quantitative estimate of drug-likeness (QED) is 0.448. The number of esters is 1. The summed E-state index contributed by atoms with van der Waals surface area (Å²) in [6, 6.07) is 3.47. The van der Waals surface area contributed by atoms with Gasteiger partial charge >= 0.3 is 18.2 Å². The van der Waals surface area contributed by atoms with Gasteiger partial charge in [0.2, 0.25) is 0 Å². The number of carbonyl (C=O) groups excluding carboxylic acids is 2. The first-order valence-corrected chi connectivity index (χ1v) is 12.3. The molecule has 6 nitrogen and oxygen atoms in total. The molecule has 0 unspecified atom stereocenters. The Morgan fingerprint density at radius 1 is 0.944 bits per heavy atom. The molecule has 0 aliphatic carbocycles. The van der Waals surface area contributed by atoms with E-state index in [1.807, 2.05) is 38.7 Å². The van der Waals surface area contributed by atoms with Crippen LogP contribution in [0.1, 0.15) is 72.4 Å². The standard InChI is InChI=1S/C27H37F3N2O4/c1-17-14-19(16-32(17)24(34)36-26(5,6)7)21-9-8-20(27(28,29)30)15-22(21)31-12-10-18(11-13-31)23(33)35-25(2,3)4/h8-9,14-15,17-18H,10-13,16H2,1-7H3/t17-/m0/s1. The largest absolute Gasteiger partial charge is 0.460 e. The van der Waals surface area contributed by atoms with Gasteiger partial charge in [0, 0.05) is 24.3 Å². The number of carbonyl (C=O) groups is 2. The van der Waals surface area contributed by atoms with E-state index in [-0.39, 0.29) is 24.5 Å². The van der Waals surface area contributed by atoms with Gasteiger partial charge in [-0.2, -0.15) is 13.2 Å². The minimum atomic E-state index is -4.48. The van der Waals surface area contributed by atoms with E-state index in [1.165, 1.54) is 12.1 Å². The molecule has 0 aromatic heterocycles. The molecule has 2 aliphatic heterocycles. The Bertz CT molecular complexity index is 1010. The van der Waals surface area contributed by atoms with E-state index in [4.69, 9.17) is 9.47 Å². The van der Waals surface area contributed by atoms with Gasteiger partial charge in [-0.1, -0.05) is 12.1 Å². The molecule has 1 fully saturated rings. The van der Waals surface area contributed by atoms with Crippen molar-refractivity contribution in [1.82, 2.24) is 4.90 Å². The van der Waals surface area contributed by atoms with Crippen LogP contribution in [-0.2, 0) is 20.4 Å². The molecule has 1 saturated heterocycles. The highest BCUT2D eigenvalue weighted by Gasteiger charge is 2.36. The van der Waals surface area contributed by atoms with Crippen molar-refractivity contribution < 1.29 is 32.2 Å². The van der Waals surface area contributed by atoms with Crippen LogP contribution in [-0.4, -0.2) is 53.8 Å². The second-order valence-electron chi connectivity index (χ2n) is 11.6. The Morgan fingerprint density at radius 2 is 1.53 bits per heavy atom. The lowest BCUT2D eigenvalue weighted by molar-refractivity contribution is -0.160. The average molecular weight is 511 g/mol. The maximum Gasteiger partial charge on any atom is 0.416 e. The summed E-state index contributed by atoms with van der Waals surface area (Å²) in [6.45, 7) is 13.7. The van der Waals surface area contributed by atoms with Crippen LogP contribution in [0.2, 0.25) is 0 Å². The fourth-order valence-electron chi connectivity index (χ4n) is 4.47. The zero-order valence-corrected chi connectivity index (χ0v) is 22.2. The molecule has 0 radical (unpaired) electrons. The second-order valence-corrected chi connectivity index (χ2v) is 11.6. The van der Waals surface area contributed by atoms with Gasteiger partial charge in [-0.3, -0.25) is 9.69 Å². The molecule has 1 aromatic carbocycles. The minimum Gasteiger partial charge on any atom is -0.460 e. The average Bonchev–Trinajstić information content (AvgIpc) is 3.12. The number of anilines is 1. The fraction of sp³-hybridized carbons (Fsp3) is 0.630. The smallest absolute Gasteiger partial charge is 0.416 e. The number of benzene rings is 1. The van der Waals surface area contributed by atoms with Gasteiger partial charge in [-0.25, -0.2) is 4.79 Å². The minimum absolute atomic E-state index is 0.239. The predicted molar refractivity (Wildman–Crippen MR) is 133 cm³/mol. The zero-order chi connectivity index (χ0) is 27.1.